The second-order valence-electron chi connectivity index (χ2n) is 3.58. The van der Waals surface area contributed by atoms with Crippen molar-refractivity contribution in [3.63, 3.8) is 0 Å². The molecule has 0 bridgehead atoms. The van der Waals surface area contributed by atoms with Gasteiger partial charge in [-0.15, -0.1) is 0 Å². The van der Waals surface area contributed by atoms with Crippen LogP contribution in [-0.2, 0) is 0 Å². The molecule has 1 aliphatic heterocycles. The van der Waals surface area contributed by atoms with Crippen LogP contribution in [0.5, 0.6) is 0 Å². The van der Waals surface area contributed by atoms with Gasteiger partial charge < -0.3 is 10.6 Å². The first kappa shape index (κ1) is 10.8. The number of rotatable bonds is 2. The van der Waals surface area contributed by atoms with E-state index in [2.05, 4.69) is 26.6 Å². The van der Waals surface area contributed by atoms with Crippen molar-refractivity contribution in [3.05, 3.63) is 28.2 Å². The van der Waals surface area contributed by atoms with Gasteiger partial charge in [0.1, 0.15) is 11.6 Å². The normalized spacial score (nSPS) is 20.6. The molecule has 2 rings (SSSR count). The third-order valence-corrected chi connectivity index (χ3v) is 3.04. The van der Waals surface area contributed by atoms with E-state index in [1.54, 1.807) is 0 Å². The van der Waals surface area contributed by atoms with Gasteiger partial charge in [0.25, 0.3) is 0 Å². The number of halogens is 3. The zero-order valence-corrected chi connectivity index (χ0v) is 9.57. The standard InChI is InChI=1S/C10H11BrF2N2/c11-8-3-6(12)4-9(13)10(8)15-7-1-2-14-5-7/h3-4,7,14-15H,1-2,5H2. The number of nitrogens with one attached hydrogen (secondary N) is 2. The fraction of sp³-hybridized carbons (Fsp3) is 0.400. The maximum Gasteiger partial charge on any atom is 0.150 e. The third-order valence-electron chi connectivity index (χ3n) is 2.42. The summed E-state index contributed by atoms with van der Waals surface area (Å²) in [5, 5.41) is 6.22. The van der Waals surface area contributed by atoms with E-state index in [4.69, 9.17) is 0 Å². The van der Waals surface area contributed by atoms with Gasteiger partial charge in [0.15, 0.2) is 0 Å². The molecule has 0 amide bonds. The van der Waals surface area contributed by atoms with Gasteiger partial charge in [-0.1, -0.05) is 0 Å². The summed E-state index contributed by atoms with van der Waals surface area (Å²) >= 11 is 3.14. The molecule has 2 N–H and O–H groups in total. The first-order valence-electron chi connectivity index (χ1n) is 4.78. The van der Waals surface area contributed by atoms with Gasteiger partial charge in [0.2, 0.25) is 0 Å². The lowest BCUT2D eigenvalue weighted by Crippen LogP contribution is -2.23. The number of anilines is 1. The molecular weight excluding hydrogens is 266 g/mol. The number of benzene rings is 1. The van der Waals surface area contributed by atoms with E-state index in [9.17, 15) is 8.78 Å². The lowest BCUT2D eigenvalue weighted by atomic mass is 10.2. The predicted octanol–water partition coefficient (Wildman–Crippen LogP) is 2.50. The molecule has 0 aliphatic carbocycles. The maximum atomic E-state index is 13.4. The first-order valence-corrected chi connectivity index (χ1v) is 5.58. The molecule has 1 unspecified atom stereocenters. The minimum Gasteiger partial charge on any atom is -0.378 e. The summed E-state index contributed by atoms with van der Waals surface area (Å²) in [5.74, 6) is -1.14. The molecule has 0 saturated carbocycles. The molecule has 1 aromatic rings. The van der Waals surface area contributed by atoms with E-state index in [0.29, 0.717) is 10.2 Å². The highest BCUT2D eigenvalue weighted by Gasteiger charge is 2.17. The van der Waals surface area contributed by atoms with E-state index in [0.717, 1.165) is 25.6 Å². The highest BCUT2D eigenvalue weighted by molar-refractivity contribution is 9.10. The molecular formula is C10H11BrF2N2. The Bertz CT molecular complexity index is 341. The van der Waals surface area contributed by atoms with Crippen molar-refractivity contribution in [2.75, 3.05) is 18.4 Å². The lowest BCUT2D eigenvalue weighted by Gasteiger charge is -2.15. The highest BCUT2D eigenvalue weighted by atomic mass is 79.9. The van der Waals surface area contributed by atoms with Crippen LogP contribution in [-0.4, -0.2) is 19.1 Å². The molecule has 0 spiro atoms. The Labute approximate surface area is 95.2 Å². The minimum absolute atomic E-state index is 0.210. The summed E-state index contributed by atoms with van der Waals surface area (Å²) in [6, 6.07) is 2.35. The van der Waals surface area contributed by atoms with Gasteiger partial charge in [-0.25, -0.2) is 8.78 Å². The molecule has 1 atom stereocenters. The van der Waals surface area contributed by atoms with Crippen molar-refractivity contribution in [2.45, 2.75) is 12.5 Å². The fourth-order valence-electron chi connectivity index (χ4n) is 1.66. The molecule has 2 nitrogen and oxygen atoms in total. The van der Waals surface area contributed by atoms with Gasteiger partial charge in [-0.2, -0.15) is 0 Å². The van der Waals surface area contributed by atoms with Crippen LogP contribution in [0, 0.1) is 11.6 Å². The molecule has 1 aliphatic rings. The summed E-state index contributed by atoms with van der Waals surface area (Å²) in [4.78, 5) is 0. The van der Waals surface area contributed by atoms with E-state index in [-0.39, 0.29) is 6.04 Å². The van der Waals surface area contributed by atoms with Gasteiger partial charge in [-0.05, 0) is 35.0 Å². The highest BCUT2D eigenvalue weighted by Crippen LogP contribution is 2.28. The lowest BCUT2D eigenvalue weighted by molar-refractivity contribution is 0.581. The second-order valence-corrected chi connectivity index (χ2v) is 4.43. The molecule has 15 heavy (non-hydrogen) atoms. The van der Waals surface area contributed by atoms with Crippen LogP contribution in [0.25, 0.3) is 0 Å². The monoisotopic (exact) mass is 276 g/mol. The molecule has 1 heterocycles. The zero-order valence-electron chi connectivity index (χ0n) is 7.99. The smallest absolute Gasteiger partial charge is 0.150 e. The van der Waals surface area contributed by atoms with Crippen molar-refractivity contribution in [3.8, 4) is 0 Å². The fourth-order valence-corrected chi connectivity index (χ4v) is 2.18. The van der Waals surface area contributed by atoms with E-state index < -0.39 is 11.6 Å². The zero-order chi connectivity index (χ0) is 10.8. The molecule has 0 radical (unpaired) electrons. The van der Waals surface area contributed by atoms with Crippen molar-refractivity contribution in [1.29, 1.82) is 0 Å². The van der Waals surface area contributed by atoms with Crippen LogP contribution < -0.4 is 10.6 Å². The van der Waals surface area contributed by atoms with Gasteiger partial charge >= 0.3 is 0 Å². The van der Waals surface area contributed by atoms with Crippen molar-refractivity contribution in [1.82, 2.24) is 5.32 Å². The van der Waals surface area contributed by atoms with Crippen LogP contribution >= 0.6 is 15.9 Å². The average molecular weight is 277 g/mol. The van der Waals surface area contributed by atoms with Gasteiger partial charge in [0, 0.05) is 23.1 Å². The van der Waals surface area contributed by atoms with Crippen LogP contribution in [0.2, 0.25) is 0 Å². The van der Waals surface area contributed by atoms with E-state index in [1.807, 2.05) is 0 Å². The maximum absolute atomic E-state index is 13.4. The molecule has 82 valence electrons. The summed E-state index contributed by atoms with van der Waals surface area (Å²) in [6.07, 6.45) is 0.948. The predicted molar refractivity (Wildman–Crippen MR) is 59.0 cm³/mol. The third kappa shape index (κ3) is 2.46. The summed E-state index contributed by atoms with van der Waals surface area (Å²) < 4.78 is 26.6. The Balaban J connectivity index is 2.19. The topological polar surface area (TPSA) is 24.1 Å². The second kappa shape index (κ2) is 4.45. The Kier molecular flexibility index (Phi) is 3.21. The summed E-state index contributed by atoms with van der Waals surface area (Å²) in [6.45, 7) is 1.74. The van der Waals surface area contributed by atoms with Crippen molar-refractivity contribution >= 4 is 21.6 Å². The van der Waals surface area contributed by atoms with E-state index >= 15 is 0 Å². The SMILES string of the molecule is Fc1cc(F)c(NC2CCNC2)c(Br)c1. The molecule has 1 saturated heterocycles. The minimum atomic E-state index is -0.575. The summed E-state index contributed by atoms with van der Waals surface area (Å²) in [5.41, 5.74) is 0.338. The van der Waals surface area contributed by atoms with Crippen LogP contribution in [0.3, 0.4) is 0 Å². The van der Waals surface area contributed by atoms with Crippen LogP contribution in [0.15, 0.2) is 16.6 Å². The molecule has 5 heteroatoms. The molecule has 1 fully saturated rings. The van der Waals surface area contributed by atoms with Crippen LogP contribution in [0.4, 0.5) is 14.5 Å². The first-order chi connectivity index (χ1) is 7.16. The van der Waals surface area contributed by atoms with Crippen LogP contribution in [0.1, 0.15) is 6.42 Å². The summed E-state index contributed by atoms with van der Waals surface area (Å²) in [7, 11) is 0. The average Bonchev–Trinajstić information content (AvgIpc) is 2.63. The quantitative estimate of drug-likeness (QED) is 0.868. The van der Waals surface area contributed by atoms with Gasteiger partial charge in [0.05, 0.1) is 5.69 Å². The van der Waals surface area contributed by atoms with Gasteiger partial charge in [-0.3, -0.25) is 0 Å². The van der Waals surface area contributed by atoms with E-state index in [1.165, 1.54) is 6.07 Å². The molecule has 1 aromatic carbocycles. The number of hydrogen-bond donors (Lipinski definition) is 2. The van der Waals surface area contributed by atoms with Crippen molar-refractivity contribution in [2.24, 2.45) is 0 Å². The number of hydrogen-bond acceptors (Lipinski definition) is 2. The van der Waals surface area contributed by atoms with Crippen molar-refractivity contribution < 1.29 is 8.78 Å². The Morgan fingerprint density at radius 1 is 1.40 bits per heavy atom. The molecule has 0 aromatic heterocycles. The Morgan fingerprint density at radius 2 is 2.20 bits per heavy atom. The Hall–Kier alpha value is -0.680. The Morgan fingerprint density at radius 3 is 2.80 bits per heavy atom. The largest absolute Gasteiger partial charge is 0.378 e.